The number of amides is 1. The smallest absolute Gasteiger partial charge is 0.335 e. The van der Waals surface area contributed by atoms with Crippen LogP contribution >= 0.6 is 0 Å². The molecule has 1 aromatic carbocycles. The van der Waals surface area contributed by atoms with E-state index >= 15 is 0 Å². The van der Waals surface area contributed by atoms with Gasteiger partial charge in [-0.3, -0.25) is 4.79 Å². The molecule has 0 saturated carbocycles. The van der Waals surface area contributed by atoms with Crippen molar-refractivity contribution >= 4 is 17.6 Å². The van der Waals surface area contributed by atoms with Crippen molar-refractivity contribution in [2.75, 3.05) is 13.7 Å². The summed E-state index contributed by atoms with van der Waals surface area (Å²) in [6.07, 6.45) is 1.10. The summed E-state index contributed by atoms with van der Waals surface area (Å²) in [6, 6.07) is 4.17. The van der Waals surface area contributed by atoms with Gasteiger partial charge in [0, 0.05) is 18.4 Å². The highest BCUT2D eigenvalue weighted by Crippen LogP contribution is 2.29. The number of hydrogen-bond acceptors (Lipinski definition) is 6. The lowest BCUT2D eigenvalue weighted by atomic mass is 9.92. The van der Waals surface area contributed by atoms with Crippen molar-refractivity contribution in [2.45, 2.75) is 37.5 Å². The van der Waals surface area contributed by atoms with Crippen LogP contribution in [0.4, 0.5) is 4.39 Å². The van der Waals surface area contributed by atoms with Crippen molar-refractivity contribution in [3.05, 3.63) is 47.8 Å². The molecule has 144 valence electrons. The SMILES string of the molecule is C=CC1(C(=O)NC2COC(C(=O)OC)C2)CC(c2cc(C)cc(F)c2)=NO1. The molecule has 0 aliphatic carbocycles. The summed E-state index contributed by atoms with van der Waals surface area (Å²) >= 11 is 0. The summed E-state index contributed by atoms with van der Waals surface area (Å²) in [4.78, 5) is 29.7. The van der Waals surface area contributed by atoms with Gasteiger partial charge in [-0.1, -0.05) is 11.7 Å². The molecule has 2 aliphatic heterocycles. The van der Waals surface area contributed by atoms with Crippen LogP contribution in [0.3, 0.4) is 0 Å². The van der Waals surface area contributed by atoms with Crippen LogP contribution in [0.5, 0.6) is 0 Å². The molecule has 8 heteroatoms. The molecular weight excluding hydrogens is 355 g/mol. The van der Waals surface area contributed by atoms with Gasteiger partial charge in [0.2, 0.25) is 5.60 Å². The van der Waals surface area contributed by atoms with Gasteiger partial charge in [-0.25, -0.2) is 9.18 Å². The van der Waals surface area contributed by atoms with Crippen LogP contribution < -0.4 is 5.32 Å². The van der Waals surface area contributed by atoms with Crippen molar-refractivity contribution in [1.82, 2.24) is 5.32 Å². The first-order chi connectivity index (χ1) is 12.9. The first-order valence-electron chi connectivity index (χ1n) is 8.53. The predicted molar refractivity (Wildman–Crippen MR) is 94.6 cm³/mol. The molecule has 1 saturated heterocycles. The summed E-state index contributed by atoms with van der Waals surface area (Å²) in [5.41, 5.74) is 0.366. The summed E-state index contributed by atoms with van der Waals surface area (Å²) in [7, 11) is 1.28. The second-order valence-electron chi connectivity index (χ2n) is 6.67. The Hall–Kier alpha value is -2.74. The van der Waals surface area contributed by atoms with Crippen LogP contribution in [0.1, 0.15) is 24.0 Å². The third kappa shape index (κ3) is 3.85. The summed E-state index contributed by atoms with van der Waals surface area (Å²) in [5.74, 6) is -1.30. The maximum Gasteiger partial charge on any atom is 0.335 e. The number of nitrogens with one attached hydrogen (secondary N) is 1. The number of rotatable bonds is 5. The van der Waals surface area contributed by atoms with E-state index in [-0.39, 0.29) is 24.9 Å². The highest BCUT2D eigenvalue weighted by Gasteiger charge is 2.46. The van der Waals surface area contributed by atoms with Crippen LogP contribution in [0.25, 0.3) is 0 Å². The van der Waals surface area contributed by atoms with Gasteiger partial charge in [-0.2, -0.15) is 0 Å². The van der Waals surface area contributed by atoms with E-state index in [9.17, 15) is 14.0 Å². The van der Waals surface area contributed by atoms with Crippen molar-refractivity contribution in [3.8, 4) is 0 Å². The van der Waals surface area contributed by atoms with E-state index in [4.69, 9.17) is 9.57 Å². The average Bonchev–Trinajstić information content (AvgIpc) is 3.28. The Labute approximate surface area is 156 Å². The van der Waals surface area contributed by atoms with E-state index in [1.54, 1.807) is 13.0 Å². The van der Waals surface area contributed by atoms with Crippen LogP contribution in [0, 0.1) is 12.7 Å². The summed E-state index contributed by atoms with van der Waals surface area (Å²) < 4.78 is 23.7. The number of benzene rings is 1. The molecule has 0 bridgehead atoms. The Balaban J connectivity index is 1.67. The number of aryl methyl sites for hydroxylation is 1. The molecule has 2 aliphatic rings. The van der Waals surface area contributed by atoms with Gasteiger partial charge < -0.3 is 19.6 Å². The quantitative estimate of drug-likeness (QED) is 0.624. The fraction of sp³-hybridized carbons (Fsp3) is 0.421. The van der Waals surface area contributed by atoms with E-state index < -0.39 is 23.6 Å². The zero-order valence-electron chi connectivity index (χ0n) is 15.2. The normalized spacial score (nSPS) is 26.9. The third-order valence-electron chi connectivity index (χ3n) is 4.63. The van der Waals surface area contributed by atoms with Crippen molar-refractivity contribution in [1.29, 1.82) is 0 Å². The fourth-order valence-electron chi connectivity index (χ4n) is 3.16. The molecule has 1 N–H and O–H groups in total. The molecule has 1 amide bonds. The molecular formula is C19H21FN2O5. The van der Waals surface area contributed by atoms with Crippen LogP contribution in [0.2, 0.25) is 0 Å². The molecule has 3 rings (SSSR count). The lowest BCUT2D eigenvalue weighted by Gasteiger charge is -2.23. The summed E-state index contributed by atoms with van der Waals surface area (Å²) in [5, 5.41) is 6.78. The molecule has 2 heterocycles. The minimum Gasteiger partial charge on any atom is -0.467 e. The van der Waals surface area contributed by atoms with E-state index in [0.29, 0.717) is 17.7 Å². The van der Waals surface area contributed by atoms with Gasteiger partial charge in [0.05, 0.1) is 25.5 Å². The van der Waals surface area contributed by atoms with Crippen LogP contribution in [0.15, 0.2) is 36.0 Å². The zero-order valence-corrected chi connectivity index (χ0v) is 15.2. The largest absolute Gasteiger partial charge is 0.467 e. The van der Waals surface area contributed by atoms with Gasteiger partial charge in [0.25, 0.3) is 5.91 Å². The predicted octanol–water partition coefficient (Wildman–Crippen LogP) is 1.63. The first kappa shape index (κ1) is 19.0. The first-order valence-corrected chi connectivity index (χ1v) is 8.53. The second kappa shape index (κ2) is 7.48. The highest BCUT2D eigenvalue weighted by atomic mass is 19.1. The molecule has 3 unspecified atom stereocenters. The second-order valence-corrected chi connectivity index (χ2v) is 6.67. The number of nitrogens with zero attached hydrogens (tertiary/aromatic N) is 1. The van der Waals surface area contributed by atoms with E-state index in [1.165, 1.54) is 25.3 Å². The van der Waals surface area contributed by atoms with Crippen molar-refractivity contribution < 1.29 is 28.3 Å². The monoisotopic (exact) mass is 376 g/mol. The van der Waals surface area contributed by atoms with Crippen LogP contribution in [-0.4, -0.2) is 49.1 Å². The Morgan fingerprint density at radius 2 is 2.22 bits per heavy atom. The molecule has 7 nitrogen and oxygen atoms in total. The molecule has 0 aromatic heterocycles. The fourth-order valence-corrected chi connectivity index (χ4v) is 3.16. The van der Waals surface area contributed by atoms with Gasteiger partial charge in [0.15, 0.2) is 6.10 Å². The standard InChI is InChI=1S/C19H21FN2O5/c1-4-19(18(24)21-14-8-16(26-10-14)17(23)25-3)9-15(22-27-19)12-5-11(2)6-13(20)7-12/h4-7,14,16H,1,8-10H2,2-3H3,(H,21,24). The molecule has 0 spiro atoms. The Morgan fingerprint density at radius 3 is 2.89 bits per heavy atom. The minimum absolute atomic E-state index is 0.124. The lowest BCUT2D eigenvalue weighted by molar-refractivity contribution is -0.151. The lowest BCUT2D eigenvalue weighted by Crippen LogP contribution is -2.49. The van der Waals surface area contributed by atoms with Gasteiger partial charge in [-0.05, 0) is 36.8 Å². The Kier molecular flexibility index (Phi) is 5.27. The number of methoxy groups -OCH3 is 1. The molecule has 0 radical (unpaired) electrons. The number of oxime groups is 1. The summed E-state index contributed by atoms with van der Waals surface area (Å²) in [6.45, 7) is 5.65. The zero-order chi connectivity index (χ0) is 19.6. The third-order valence-corrected chi connectivity index (χ3v) is 4.63. The number of carbonyl (C=O) groups is 2. The molecule has 1 fully saturated rings. The van der Waals surface area contributed by atoms with E-state index in [2.05, 4.69) is 21.8 Å². The highest BCUT2D eigenvalue weighted by molar-refractivity contribution is 6.06. The van der Waals surface area contributed by atoms with E-state index in [1.807, 2.05) is 0 Å². The molecule has 1 aromatic rings. The maximum atomic E-state index is 13.7. The topological polar surface area (TPSA) is 86.2 Å². The van der Waals surface area contributed by atoms with Crippen LogP contribution in [-0.2, 0) is 23.9 Å². The Bertz CT molecular complexity index is 789. The number of esters is 1. The van der Waals surface area contributed by atoms with Crippen molar-refractivity contribution in [2.24, 2.45) is 5.16 Å². The van der Waals surface area contributed by atoms with Gasteiger partial charge in [-0.15, -0.1) is 0 Å². The van der Waals surface area contributed by atoms with Crippen molar-refractivity contribution in [3.63, 3.8) is 0 Å². The number of ether oxygens (including phenoxy) is 2. The number of hydrogen-bond donors (Lipinski definition) is 1. The van der Waals surface area contributed by atoms with Gasteiger partial charge in [0.1, 0.15) is 5.82 Å². The maximum absolute atomic E-state index is 13.7. The molecule has 27 heavy (non-hydrogen) atoms. The Morgan fingerprint density at radius 1 is 1.44 bits per heavy atom. The van der Waals surface area contributed by atoms with Gasteiger partial charge >= 0.3 is 5.97 Å². The molecule has 3 atom stereocenters. The average molecular weight is 376 g/mol. The number of carbonyl (C=O) groups excluding carboxylic acids is 2. The van der Waals surface area contributed by atoms with E-state index in [0.717, 1.165) is 5.56 Å². The number of halogens is 1. The minimum atomic E-state index is -1.39.